The van der Waals surface area contributed by atoms with E-state index in [1.807, 2.05) is 13.8 Å². The molecule has 37 heavy (non-hydrogen) atoms. The summed E-state index contributed by atoms with van der Waals surface area (Å²) in [4.78, 5) is 26.2. The number of halogens is 1. The lowest BCUT2D eigenvalue weighted by molar-refractivity contribution is 0.0997. The highest BCUT2D eigenvalue weighted by Gasteiger charge is 2.26. The van der Waals surface area contributed by atoms with Crippen LogP contribution in [0.3, 0.4) is 0 Å². The first kappa shape index (κ1) is 26.4. The maximum Gasteiger partial charge on any atom is 0.350 e. The number of hydrogen-bond donors (Lipinski definition) is 3. The molecule has 0 aliphatic heterocycles. The van der Waals surface area contributed by atoms with Crippen LogP contribution in [0.25, 0.3) is 5.69 Å². The normalized spacial score (nSPS) is 15.8. The van der Waals surface area contributed by atoms with E-state index in [2.05, 4.69) is 10.4 Å². The van der Waals surface area contributed by atoms with Crippen molar-refractivity contribution < 1.29 is 13.9 Å². The number of nitrogens with zero attached hydrogens (tertiary/aromatic N) is 3. The summed E-state index contributed by atoms with van der Waals surface area (Å²) in [5.41, 5.74) is 13.0. The third-order valence-electron chi connectivity index (χ3n) is 7.07. The van der Waals surface area contributed by atoms with E-state index in [1.165, 1.54) is 24.1 Å². The van der Waals surface area contributed by atoms with Crippen molar-refractivity contribution in [1.82, 2.24) is 14.3 Å². The Morgan fingerprint density at radius 1 is 1.19 bits per heavy atom. The molecule has 4 rings (SSSR count). The molecule has 2 atom stereocenters. The van der Waals surface area contributed by atoms with E-state index in [4.69, 9.17) is 16.2 Å². The quantitative estimate of drug-likeness (QED) is 0.408. The highest BCUT2D eigenvalue weighted by Crippen LogP contribution is 2.32. The molecule has 2 unspecified atom stereocenters. The summed E-state index contributed by atoms with van der Waals surface area (Å²) in [5.74, 6) is -0.509. The molecule has 5 N–H and O–H groups in total. The van der Waals surface area contributed by atoms with E-state index in [1.54, 1.807) is 25.1 Å². The van der Waals surface area contributed by atoms with Crippen molar-refractivity contribution in [2.24, 2.45) is 18.7 Å². The van der Waals surface area contributed by atoms with Gasteiger partial charge in [0.1, 0.15) is 17.3 Å². The largest absolute Gasteiger partial charge is 0.490 e. The summed E-state index contributed by atoms with van der Waals surface area (Å²) in [6.07, 6.45) is 5.30. The summed E-state index contributed by atoms with van der Waals surface area (Å²) in [6.45, 7) is 5.48. The maximum absolute atomic E-state index is 15.5. The fourth-order valence-corrected chi connectivity index (χ4v) is 4.90. The Morgan fingerprint density at radius 2 is 1.89 bits per heavy atom. The molecule has 0 spiro atoms. The number of benzene rings is 2. The Bertz CT molecular complexity index is 1360. The smallest absolute Gasteiger partial charge is 0.350 e. The van der Waals surface area contributed by atoms with Crippen LogP contribution in [0, 0.1) is 18.7 Å². The molecule has 2 aromatic carbocycles. The lowest BCUT2D eigenvalue weighted by Crippen LogP contribution is -2.28. The number of rotatable bonds is 7. The van der Waals surface area contributed by atoms with Gasteiger partial charge in [-0.05, 0) is 69.4 Å². The lowest BCUT2D eigenvalue weighted by Gasteiger charge is -2.29. The molecule has 9 nitrogen and oxygen atoms in total. The molecule has 1 aromatic heterocycles. The van der Waals surface area contributed by atoms with Crippen LogP contribution in [0.2, 0.25) is 0 Å². The average Bonchev–Trinajstić information content (AvgIpc) is 3.16. The molecule has 10 heteroatoms. The van der Waals surface area contributed by atoms with E-state index in [0.717, 1.165) is 42.0 Å². The van der Waals surface area contributed by atoms with Crippen molar-refractivity contribution in [1.29, 1.82) is 0 Å². The van der Waals surface area contributed by atoms with Gasteiger partial charge in [-0.3, -0.25) is 9.36 Å². The molecule has 1 fully saturated rings. The molecule has 0 radical (unpaired) electrons. The molecule has 3 aromatic rings. The Morgan fingerprint density at radius 3 is 2.51 bits per heavy atom. The molecule has 1 heterocycles. The van der Waals surface area contributed by atoms with E-state index in [0.29, 0.717) is 23.1 Å². The van der Waals surface area contributed by atoms with Gasteiger partial charge >= 0.3 is 5.69 Å². The Balaban J connectivity index is 1.76. The number of anilines is 2. The third-order valence-corrected chi connectivity index (χ3v) is 7.07. The van der Waals surface area contributed by atoms with Crippen LogP contribution < -0.4 is 27.2 Å². The van der Waals surface area contributed by atoms with Crippen LogP contribution >= 0.6 is 0 Å². The van der Waals surface area contributed by atoms with Crippen LogP contribution in [0.1, 0.15) is 73.7 Å². The zero-order chi connectivity index (χ0) is 26.9. The van der Waals surface area contributed by atoms with Crippen LogP contribution in [0.4, 0.5) is 15.8 Å². The van der Waals surface area contributed by atoms with Gasteiger partial charge in [-0.15, -0.1) is 5.10 Å². The van der Waals surface area contributed by atoms with Gasteiger partial charge in [0.25, 0.3) is 5.91 Å². The minimum atomic E-state index is -0.784. The number of amides is 1. The van der Waals surface area contributed by atoms with E-state index >= 15 is 4.39 Å². The van der Waals surface area contributed by atoms with Crippen molar-refractivity contribution in [3.63, 3.8) is 0 Å². The first-order valence-corrected chi connectivity index (χ1v) is 12.7. The monoisotopic (exact) mass is 510 g/mol. The van der Waals surface area contributed by atoms with Crippen molar-refractivity contribution in [2.45, 2.75) is 65.0 Å². The maximum atomic E-state index is 15.5. The first-order valence-electron chi connectivity index (χ1n) is 12.7. The highest BCUT2D eigenvalue weighted by atomic mass is 19.1. The van der Waals surface area contributed by atoms with Gasteiger partial charge in [0.05, 0.1) is 17.7 Å². The van der Waals surface area contributed by atoms with Gasteiger partial charge < -0.3 is 21.5 Å². The fraction of sp³-hybridized carbons (Fsp3) is 0.444. The standard InChI is InChI=1S/C27H35FN6O3/c1-15-12-19(30)10-11-22(15)31-26(35)20-13-21(28)23(34-27(36)33(4)25(32-34)16(2)29)14-24(20)37-17(3)18-8-6-5-7-9-18/h10-14,16-18H,5-9,29-30H2,1-4H3,(H,31,35). The zero-order valence-corrected chi connectivity index (χ0v) is 21.8. The topological polar surface area (TPSA) is 130 Å². The van der Waals surface area contributed by atoms with E-state index in [9.17, 15) is 9.59 Å². The molecule has 0 saturated heterocycles. The molecule has 1 aliphatic rings. The summed E-state index contributed by atoms with van der Waals surface area (Å²) in [6, 6.07) is 7.05. The summed E-state index contributed by atoms with van der Waals surface area (Å²) in [5, 5.41) is 7.07. The fourth-order valence-electron chi connectivity index (χ4n) is 4.90. The Hall–Kier alpha value is -3.66. The molecule has 198 valence electrons. The highest BCUT2D eigenvalue weighted by molar-refractivity contribution is 6.06. The number of nitrogens with two attached hydrogens (primary N) is 2. The Kier molecular flexibility index (Phi) is 7.68. The zero-order valence-electron chi connectivity index (χ0n) is 21.8. The van der Waals surface area contributed by atoms with Crippen molar-refractivity contribution in [3.05, 3.63) is 63.6 Å². The SMILES string of the molecule is Cc1cc(N)ccc1NC(=O)c1cc(F)c(-n2nc(C(C)N)n(C)c2=O)cc1OC(C)C1CCCCC1. The summed E-state index contributed by atoms with van der Waals surface area (Å²) in [7, 11) is 1.53. The van der Waals surface area contributed by atoms with Gasteiger partial charge in [0.15, 0.2) is 5.82 Å². The molecular formula is C27H35FN6O3. The molecule has 1 aliphatic carbocycles. The van der Waals surface area contributed by atoms with Crippen LogP contribution in [-0.2, 0) is 7.05 Å². The van der Waals surface area contributed by atoms with Crippen LogP contribution in [0.15, 0.2) is 35.1 Å². The van der Waals surface area contributed by atoms with Crippen molar-refractivity contribution in [3.8, 4) is 11.4 Å². The number of aromatic nitrogens is 3. The third kappa shape index (κ3) is 5.53. The number of ether oxygens (including phenoxy) is 1. The first-order chi connectivity index (χ1) is 17.6. The van der Waals surface area contributed by atoms with Crippen molar-refractivity contribution >= 4 is 17.3 Å². The second kappa shape index (κ2) is 10.8. The summed E-state index contributed by atoms with van der Waals surface area (Å²) >= 11 is 0. The molecule has 1 saturated carbocycles. The predicted molar refractivity (Wildman–Crippen MR) is 142 cm³/mol. The van der Waals surface area contributed by atoms with Gasteiger partial charge in [0.2, 0.25) is 0 Å². The number of hydrogen-bond acceptors (Lipinski definition) is 6. The number of carbonyl (C=O) groups excluding carboxylic acids is 1. The minimum absolute atomic E-state index is 0.0246. The van der Waals surface area contributed by atoms with Gasteiger partial charge in [0, 0.05) is 24.5 Å². The predicted octanol–water partition coefficient (Wildman–Crippen LogP) is 4.22. The average molecular weight is 511 g/mol. The molecule has 0 bridgehead atoms. The van der Waals surface area contributed by atoms with Gasteiger partial charge in [-0.2, -0.15) is 4.68 Å². The number of nitrogen functional groups attached to an aromatic ring is 1. The van der Waals surface area contributed by atoms with E-state index < -0.39 is 23.5 Å². The van der Waals surface area contributed by atoms with Gasteiger partial charge in [-0.1, -0.05) is 19.3 Å². The second-order valence-corrected chi connectivity index (χ2v) is 9.95. The number of carbonyl (C=O) groups is 1. The second-order valence-electron chi connectivity index (χ2n) is 9.95. The van der Waals surface area contributed by atoms with Crippen LogP contribution in [0.5, 0.6) is 5.75 Å². The van der Waals surface area contributed by atoms with Crippen molar-refractivity contribution in [2.75, 3.05) is 11.1 Å². The Labute approximate surface area is 215 Å². The number of aryl methyl sites for hydroxylation is 1. The van der Waals surface area contributed by atoms with E-state index in [-0.39, 0.29) is 23.1 Å². The minimum Gasteiger partial charge on any atom is -0.490 e. The number of nitrogens with one attached hydrogen (secondary N) is 1. The lowest BCUT2D eigenvalue weighted by atomic mass is 9.86. The van der Waals surface area contributed by atoms with Crippen LogP contribution in [-0.4, -0.2) is 26.4 Å². The molecule has 1 amide bonds. The summed E-state index contributed by atoms with van der Waals surface area (Å²) < 4.78 is 24.0. The van der Waals surface area contributed by atoms with Gasteiger partial charge in [-0.25, -0.2) is 9.18 Å². The molecular weight excluding hydrogens is 475 g/mol.